The Morgan fingerprint density at radius 1 is 1.05 bits per heavy atom. The minimum absolute atomic E-state index is 0.0533. The van der Waals surface area contributed by atoms with Gasteiger partial charge in [-0.25, -0.2) is 17.5 Å². The molecule has 3 N–H and O–H groups in total. The molecule has 204 valence electrons. The Morgan fingerprint density at radius 2 is 1.82 bits per heavy atom. The zero-order valence-electron chi connectivity index (χ0n) is 20.8. The van der Waals surface area contributed by atoms with Crippen molar-refractivity contribution in [3.05, 3.63) is 64.2 Å². The predicted octanol–water partition coefficient (Wildman–Crippen LogP) is 5.25. The van der Waals surface area contributed by atoms with Crippen LogP contribution in [0.1, 0.15) is 54.6 Å². The summed E-state index contributed by atoms with van der Waals surface area (Å²) in [5.41, 5.74) is 0. The zero-order chi connectivity index (χ0) is 27.1. The fourth-order valence-corrected chi connectivity index (χ4v) is 7.28. The Bertz CT molecular complexity index is 1360. The summed E-state index contributed by atoms with van der Waals surface area (Å²) < 4.78 is 41.6. The smallest absolute Gasteiger partial charge is 0.262 e. The van der Waals surface area contributed by atoms with Crippen LogP contribution < -0.4 is 15.4 Å². The van der Waals surface area contributed by atoms with E-state index in [-0.39, 0.29) is 34.8 Å². The molecule has 0 spiro atoms. The molecular formula is C27H31ClFN3O4S2. The summed E-state index contributed by atoms with van der Waals surface area (Å²) in [6, 6.07) is 12.0. The number of nitrogens with one attached hydrogen (secondary N) is 3. The summed E-state index contributed by atoms with van der Waals surface area (Å²) in [5.74, 6) is -0.811. The minimum atomic E-state index is -3.92. The molecule has 1 atom stereocenters. The van der Waals surface area contributed by atoms with E-state index in [1.54, 1.807) is 0 Å². The average Bonchev–Trinajstić information content (AvgIpc) is 3.33. The second-order valence-electron chi connectivity index (χ2n) is 9.53. The van der Waals surface area contributed by atoms with Gasteiger partial charge in [0.15, 0.2) is 0 Å². The van der Waals surface area contributed by atoms with E-state index in [1.165, 1.54) is 17.8 Å². The van der Waals surface area contributed by atoms with E-state index < -0.39 is 21.9 Å². The van der Waals surface area contributed by atoms with Gasteiger partial charge in [0, 0.05) is 17.8 Å². The third kappa shape index (κ3) is 7.53. The highest BCUT2D eigenvalue weighted by molar-refractivity contribution is 7.89. The quantitative estimate of drug-likeness (QED) is 0.270. The monoisotopic (exact) mass is 579 g/mol. The maximum Gasteiger partial charge on any atom is 0.262 e. The largest absolute Gasteiger partial charge is 0.354 e. The summed E-state index contributed by atoms with van der Waals surface area (Å²) in [6.07, 6.45) is 6.42. The van der Waals surface area contributed by atoms with Crippen LogP contribution in [0.5, 0.6) is 0 Å². The van der Waals surface area contributed by atoms with Gasteiger partial charge in [-0.15, -0.1) is 11.3 Å². The van der Waals surface area contributed by atoms with Gasteiger partial charge in [-0.3, -0.25) is 9.59 Å². The van der Waals surface area contributed by atoms with Gasteiger partial charge in [0.1, 0.15) is 16.8 Å². The second-order valence-corrected chi connectivity index (χ2v) is 12.8. The van der Waals surface area contributed by atoms with Gasteiger partial charge >= 0.3 is 0 Å². The molecule has 2 amide bonds. The number of hydrogen-bond acceptors (Lipinski definition) is 5. The van der Waals surface area contributed by atoms with Crippen molar-refractivity contribution in [3.8, 4) is 0 Å². The van der Waals surface area contributed by atoms with Crippen LogP contribution in [0.3, 0.4) is 0 Å². The van der Waals surface area contributed by atoms with Crippen molar-refractivity contribution in [1.29, 1.82) is 0 Å². The molecule has 4 rings (SSSR count). The number of halogens is 2. The fourth-order valence-electron chi connectivity index (χ4n) is 4.71. The number of hydrogen-bond donors (Lipinski definition) is 3. The molecular weight excluding hydrogens is 549 g/mol. The van der Waals surface area contributed by atoms with Gasteiger partial charge in [-0.1, -0.05) is 61.9 Å². The van der Waals surface area contributed by atoms with Crippen molar-refractivity contribution in [2.24, 2.45) is 5.92 Å². The van der Waals surface area contributed by atoms with E-state index >= 15 is 0 Å². The Kier molecular flexibility index (Phi) is 9.75. The Morgan fingerprint density at radius 3 is 2.55 bits per heavy atom. The number of benzene rings is 2. The van der Waals surface area contributed by atoms with Crippen LogP contribution in [-0.2, 0) is 14.8 Å². The molecule has 11 heteroatoms. The van der Waals surface area contributed by atoms with Crippen LogP contribution in [0.25, 0.3) is 10.1 Å². The van der Waals surface area contributed by atoms with Crippen LogP contribution in [-0.4, -0.2) is 39.4 Å². The van der Waals surface area contributed by atoms with E-state index in [4.69, 9.17) is 11.6 Å². The Balaban J connectivity index is 1.32. The van der Waals surface area contributed by atoms with E-state index in [9.17, 15) is 22.4 Å². The van der Waals surface area contributed by atoms with Crippen LogP contribution in [0.15, 0.2) is 53.4 Å². The van der Waals surface area contributed by atoms with Crippen LogP contribution in [0.2, 0.25) is 5.02 Å². The first-order valence-corrected chi connectivity index (χ1v) is 15.4. The molecule has 2 aromatic carbocycles. The lowest BCUT2D eigenvalue weighted by atomic mass is 9.84. The standard InChI is InChI=1S/C27H31ClFN3O4S2/c28-21-17-20(29)11-12-25(21)38(35,36)31-14-6-13-30-26(33)22(15-18-7-2-1-3-8-18)32-27(34)24-16-19-9-4-5-10-23(19)37-24/h4-5,9-12,16-18,22,31H,1-3,6-8,13-15H2,(H,30,33)(H,32,34)/t22-/m0/s1. The van der Waals surface area contributed by atoms with Crippen molar-refractivity contribution in [2.45, 2.75) is 55.9 Å². The SMILES string of the molecule is O=C(N[C@@H](CC1CCCCC1)C(=O)NCCCNS(=O)(=O)c1ccc(F)cc1Cl)c1cc2ccccc2s1. The highest BCUT2D eigenvalue weighted by Gasteiger charge is 2.27. The van der Waals surface area contributed by atoms with Gasteiger partial charge in [-0.05, 0) is 54.5 Å². The molecule has 1 fully saturated rings. The molecule has 1 heterocycles. The highest BCUT2D eigenvalue weighted by Crippen LogP contribution is 2.29. The molecule has 3 aromatic rings. The topological polar surface area (TPSA) is 104 Å². The van der Waals surface area contributed by atoms with Crippen molar-refractivity contribution < 1.29 is 22.4 Å². The lowest BCUT2D eigenvalue weighted by Crippen LogP contribution is -2.48. The van der Waals surface area contributed by atoms with Gasteiger partial charge in [-0.2, -0.15) is 0 Å². The van der Waals surface area contributed by atoms with Crippen LogP contribution in [0.4, 0.5) is 4.39 Å². The molecule has 1 aromatic heterocycles. The Hall–Kier alpha value is -2.53. The lowest BCUT2D eigenvalue weighted by Gasteiger charge is -2.26. The molecule has 0 saturated heterocycles. The minimum Gasteiger partial charge on any atom is -0.354 e. The van der Waals surface area contributed by atoms with E-state index in [0.29, 0.717) is 23.6 Å². The third-order valence-corrected chi connectivity index (χ3v) is 9.75. The average molecular weight is 580 g/mol. The third-order valence-electron chi connectivity index (χ3n) is 6.69. The van der Waals surface area contributed by atoms with Crippen LogP contribution >= 0.6 is 22.9 Å². The number of thiophene rings is 1. The van der Waals surface area contributed by atoms with Gasteiger partial charge in [0.05, 0.1) is 9.90 Å². The molecule has 1 saturated carbocycles. The molecule has 0 radical (unpaired) electrons. The zero-order valence-corrected chi connectivity index (χ0v) is 23.2. The van der Waals surface area contributed by atoms with Gasteiger partial charge in [0.2, 0.25) is 15.9 Å². The summed E-state index contributed by atoms with van der Waals surface area (Å²) >= 11 is 7.26. The molecule has 1 aliphatic carbocycles. The van der Waals surface area contributed by atoms with Gasteiger partial charge < -0.3 is 10.6 Å². The molecule has 1 aliphatic rings. The van der Waals surface area contributed by atoms with Crippen molar-refractivity contribution in [3.63, 3.8) is 0 Å². The summed E-state index contributed by atoms with van der Waals surface area (Å²) in [5, 5.41) is 6.56. The number of sulfonamides is 1. The summed E-state index contributed by atoms with van der Waals surface area (Å²) in [7, 11) is -3.92. The maximum atomic E-state index is 13.2. The molecule has 0 bridgehead atoms. The molecule has 0 aliphatic heterocycles. The van der Waals surface area contributed by atoms with Crippen LogP contribution in [0, 0.1) is 11.7 Å². The molecule has 7 nitrogen and oxygen atoms in total. The molecule has 38 heavy (non-hydrogen) atoms. The normalized spacial score (nSPS) is 15.3. The number of carbonyl (C=O) groups excluding carboxylic acids is 2. The summed E-state index contributed by atoms with van der Waals surface area (Å²) in [6.45, 7) is 0.274. The number of rotatable bonds is 11. The number of carbonyl (C=O) groups is 2. The van der Waals surface area contributed by atoms with Crippen molar-refractivity contribution in [1.82, 2.24) is 15.4 Å². The highest BCUT2D eigenvalue weighted by atomic mass is 35.5. The van der Waals surface area contributed by atoms with Crippen molar-refractivity contribution >= 4 is 54.9 Å². The fraction of sp³-hybridized carbons (Fsp3) is 0.407. The lowest BCUT2D eigenvalue weighted by molar-refractivity contribution is -0.123. The van der Waals surface area contributed by atoms with E-state index in [0.717, 1.165) is 54.0 Å². The number of amides is 2. The first kappa shape index (κ1) is 28.5. The first-order chi connectivity index (χ1) is 18.2. The van der Waals surface area contributed by atoms with Gasteiger partial charge in [0.25, 0.3) is 5.91 Å². The predicted molar refractivity (Wildman–Crippen MR) is 148 cm³/mol. The number of fused-ring (bicyclic) bond motifs is 1. The Labute approximate surface area is 231 Å². The first-order valence-electron chi connectivity index (χ1n) is 12.7. The maximum absolute atomic E-state index is 13.2. The molecule has 0 unspecified atom stereocenters. The van der Waals surface area contributed by atoms with E-state index in [2.05, 4.69) is 15.4 Å². The summed E-state index contributed by atoms with van der Waals surface area (Å²) in [4.78, 5) is 26.5. The second kappa shape index (κ2) is 13.0. The van der Waals surface area contributed by atoms with Crippen molar-refractivity contribution in [2.75, 3.05) is 13.1 Å². The van der Waals surface area contributed by atoms with E-state index in [1.807, 2.05) is 30.3 Å².